The van der Waals surface area contributed by atoms with Gasteiger partial charge in [-0.3, -0.25) is 43.8 Å². The lowest BCUT2D eigenvalue weighted by atomic mass is 10.1. The van der Waals surface area contributed by atoms with Gasteiger partial charge < -0.3 is 39.7 Å². The number of benzene rings is 5. The summed E-state index contributed by atoms with van der Waals surface area (Å²) >= 11 is 0. The smallest absolute Gasteiger partial charge is 0.261 e. The molecule has 5 aromatic carbocycles. The molecule has 3 N–H and O–H groups in total. The van der Waals surface area contributed by atoms with Crippen LogP contribution in [0.15, 0.2) is 101 Å². The third kappa shape index (κ3) is 10.3. The third-order valence-corrected chi connectivity index (χ3v) is 13.1. The van der Waals surface area contributed by atoms with Crippen LogP contribution in [0.1, 0.15) is 89.4 Å². The van der Waals surface area contributed by atoms with Crippen LogP contribution in [0.25, 0.3) is 0 Å². The number of aliphatic imine (C=N–C) groups is 2. The first-order chi connectivity index (χ1) is 34.8. The molecule has 0 saturated carbocycles. The number of anilines is 3. The number of carbonyl (C=O) groups excluding carboxylic acids is 6. The summed E-state index contributed by atoms with van der Waals surface area (Å²) in [5, 5.41) is 8.22. The molecule has 72 heavy (non-hydrogen) atoms. The van der Waals surface area contributed by atoms with Crippen LogP contribution >= 0.6 is 0 Å². The number of fused-ring (bicyclic) bond motifs is 8. The highest BCUT2D eigenvalue weighted by molar-refractivity contribution is 6.16. The van der Waals surface area contributed by atoms with Crippen LogP contribution in [0.3, 0.4) is 0 Å². The number of para-hydroxylation sites is 2. The van der Waals surface area contributed by atoms with Crippen molar-refractivity contribution < 1.29 is 47.7 Å². The Morgan fingerprint density at radius 1 is 0.625 bits per heavy atom. The molecule has 4 atom stereocenters. The van der Waals surface area contributed by atoms with Crippen LogP contribution in [0, 0.1) is 0 Å². The van der Waals surface area contributed by atoms with Crippen LogP contribution in [0.2, 0.25) is 0 Å². The summed E-state index contributed by atoms with van der Waals surface area (Å²) in [4.78, 5) is 91.7. The standard InChI is InChI=1S/C55H55N7O10/c1-31(63)12-6-11-17-51(64)58-32(2)52(65)59-33(3)53(66)60-38-19-34(29-71-49-25-43-41(23-47(49)69-4)54(67)61-39(27-56-43)21-36-13-7-9-15-45(36)61)18-35(20-38)30-72-50-26-44-42(24-48(50)70-5)55(68)62-40(28-57-44)22-37-14-8-10-16-46(37)62/h7-10,13-16,18-20,23-28,32-33,39-40H,6,11-12,17,21-22,29-30H2,1-5H3,(H,58,64)(H,59,65)(H,60,66)/t32-,33+,39-,40-/m0/s1. The Hall–Kier alpha value is -8.34. The largest absolute Gasteiger partial charge is 0.493 e. The van der Waals surface area contributed by atoms with E-state index in [2.05, 4.69) is 16.0 Å². The zero-order chi connectivity index (χ0) is 50.6. The first-order valence-corrected chi connectivity index (χ1v) is 23.9. The lowest BCUT2D eigenvalue weighted by Gasteiger charge is -2.22. The highest BCUT2D eigenvalue weighted by Gasteiger charge is 2.38. The molecule has 0 radical (unpaired) electrons. The molecule has 4 heterocycles. The number of methoxy groups -OCH3 is 2. The molecular weight excluding hydrogens is 919 g/mol. The summed E-state index contributed by atoms with van der Waals surface area (Å²) in [6.07, 6.45) is 6.49. The van der Waals surface area contributed by atoms with E-state index in [4.69, 9.17) is 28.9 Å². The van der Waals surface area contributed by atoms with Crippen molar-refractivity contribution >= 4 is 76.2 Å². The second kappa shape index (κ2) is 20.9. The van der Waals surface area contributed by atoms with E-state index in [0.29, 0.717) is 94.4 Å². The molecular formula is C55H55N7O10. The average molecular weight is 974 g/mol. The van der Waals surface area contributed by atoms with Crippen molar-refractivity contribution in [3.8, 4) is 23.0 Å². The average Bonchev–Trinajstić information content (AvgIpc) is 3.86. The Morgan fingerprint density at radius 2 is 1.11 bits per heavy atom. The van der Waals surface area contributed by atoms with Gasteiger partial charge in [-0.05, 0) is 98.3 Å². The van der Waals surface area contributed by atoms with Gasteiger partial charge >= 0.3 is 0 Å². The van der Waals surface area contributed by atoms with E-state index in [0.717, 1.165) is 22.5 Å². The van der Waals surface area contributed by atoms with E-state index < -0.39 is 23.9 Å². The van der Waals surface area contributed by atoms with Gasteiger partial charge in [-0.15, -0.1) is 0 Å². The zero-order valence-electron chi connectivity index (χ0n) is 40.7. The monoisotopic (exact) mass is 973 g/mol. The molecule has 0 saturated heterocycles. The Labute approximate surface area is 416 Å². The van der Waals surface area contributed by atoms with E-state index >= 15 is 0 Å². The Morgan fingerprint density at radius 3 is 1.61 bits per heavy atom. The summed E-state index contributed by atoms with van der Waals surface area (Å²) in [6.45, 7) is 4.51. The lowest BCUT2D eigenvalue weighted by Crippen LogP contribution is -2.50. The number of hydrogen-bond acceptors (Lipinski definition) is 12. The number of ether oxygens (including phenoxy) is 4. The minimum Gasteiger partial charge on any atom is -0.493 e. The fraction of sp³-hybridized carbons (Fsp3) is 0.309. The number of carbonyl (C=O) groups is 6. The van der Waals surface area contributed by atoms with Gasteiger partial charge in [0, 0.05) is 67.3 Å². The highest BCUT2D eigenvalue weighted by atomic mass is 16.5. The SMILES string of the molecule is COc1cc2c(cc1OCc1cc(COc3cc4c(cc3OC)C(=O)N3c5ccccc5C[C@H]3C=N4)cc(NC(=O)[C@@H](C)NC(=O)[C@H](C)NC(=O)CCCCC(C)=O)c1)N=C[C@@H]1Cc3ccccc3N1C2=O. The van der Waals surface area contributed by atoms with E-state index in [9.17, 15) is 28.8 Å². The molecule has 0 bridgehead atoms. The molecule has 0 aromatic heterocycles. The maximum absolute atomic E-state index is 14.1. The molecule has 0 unspecified atom stereocenters. The molecule has 17 heteroatoms. The van der Waals surface area contributed by atoms with Gasteiger partial charge in [0.25, 0.3) is 11.8 Å². The molecule has 4 aliphatic heterocycles. The predicted octanol–water partition coefficient (Wildman–Crippen LogP) is 7.53. The van der Waals surface area contributed by atoms with Gasteiger partial charge in [-0.1, -0.05) is 36.4 Å². The first-order valence-electron chi connectivity index (χ1n) is 23.9. The van der Waals surface area contributed by atoms with E-state index in [1.165, 1.54) is 35.0 Å². The van der Waals surface area contributed by atoms with Gasteiger partial charge in [0.15, 0.2) is 23.0 Å². The van der Waals surface area contributed by atoms with Crippen molar-refractivity contribution in [1.29, 1.82) is 0 Å². The van der Waals surface area contributed by atoms with Crippen molar-refractivity contribution in [2.75, 3.05) is 29.3 Å². The van der Waals surface area contributed by atoms with Gasteiger partial charge in [-0.25, -0.2) is 0 Å². The molecule has 4 aliphatic rings. The van der Waals surface area contributed by atoms with Crippen molar-refractivity contribution in [3.63, 3.8) is 0 Å². The number of nitrogens with zero attached hydrogens (tertiary/aromatic N) is 4. The maximum atomic E-state index is 14.1. The Balaban J connectivity index is 0.942. The van der Waals surface area contributed by atoms with Gasteiger partial charge in [0.1, 0.15) is 31.1 Å². The normalized spacial score (nSPS) is 16.6. The lowest BCUT2D eigenvalue weighted by molar-refractivity contribution is -0.130. The predicted molar refractivity (Wildman–Crippen MR) is 272 cm³/mol. The van der Waals surface area contributed by atoms with Gasteiger partial charge in [-0.2, -0.15) is 0 Å². The number of Topliss-reactive ketones (excluding diaryl/α,β-unsaturated/α-hetero) is 1. The van der Waals surface area contributed by atoms with E-state index in [-0.39, 0.29) is 55.2 Å². The molecule has 370 valence electrons. The topological polar surface area (TPSA) is 207 Å². The number of hydrogen-bond donors (Lipinski definition) is 3. The van der Waals surface area contributed by atoms with Gasteiger partial charge in [0.2, 0.25) is 17.7 Å². The van der Waals surface area contributed by atoms with Crippen LogP contribution in [-0.2, 0) is 45.2 Å². The number of unbranched alkanes of at least 4 members (excludes halogenated alkanes) is 1. The van der Waals surface area contributed by atoms with Crippen molar-refractivity contribution in [3.05, 3.63) is 124 Å². The minimum atomic E-state index is -1.01. The highest BCUT2D eigenvalue weighted by Crippen LogP contribution is 2.43. The minimum absolute atomic E-state index is 0.0241. The van der Waals surface area contributed by atoms with Crippen LogP contribution in [0.5, 0.6) is 23.0 Å². The van der Waals surface area contributed by atoms with Crippen LogP contribution in [0.4, 0.5) is 28.4 Å². The second-order valence-electron chi connectivity index (χ2n) is 18.3. The van der Waals surface area contributed by atoms with Crippen LogP contribution in [-0.4, -0.2) is 86.1 Å². The van der Waals surface area contributed by atoms with Crippen molar-refractivity contribution in [2.24, 2.45) is 9.98 Å². The van der Waals surface area contributed by atoms with Crippen molar-refractivity contribution in [2.45, 2.75) is 96.7 Å². The number of ketones is 1. The Bertz CT molecular complexity index is 2900. The first kappa shape index (κ1) is 48.7. The van der Waals surface area contributed by atoms with E-state index in [1.807, 2.05) is 54.6 Å². The van der Waals surface area contributed by atoms with Crippen molar-refractivity contribution in [1.82, 2.24) is 10.6 Å². The fourth-order valence-corrected chi connectivity index (χ4v) is 9.39. The summed E-state index contributed by atoms with van der Waals surface area (Å²) in [5.74, 6) is -0.471. The molecule has 5 amide bonds. The fourth-order valence-electron chi connectivity index (χ4n) is 9.39. The number of nitrogens with one attached hydrogen (secondary N) is 3. The maximum Gasteiger partial charge on any atom is 0.261 e. The molecule has 0 fully saturated rings. The van der Waals surface area contributed by atoms with E-state index in [1.54, 1.807) is 58.6 Å². The summed E-state index contributed by atoms with van der Waals surface area (Å²) in [5.41, 5.74) is 7.01. The second-order valence-corrected chi connectivity index (χ2v) is 18.3. The molecule has 0 aliphatic carbocycles. The summed E-state index contributed by atoms with van der Waals surface area (Å²) in [7, 11) is 2.98. The number of amides is 5. The van der Waals surface area contributed by atoms with Gasteiger partial charge in [0.05, 0.1) is 48.8 Å². The molecule has 9 rings (SSSR count). The number of rotatable bonds is 18. The summed E-state index contributed by atoms with van der Waals surface area (Å²) < 4.78 is 24.3. The Kier molecular flexibility index (Phi) is 14.2. The quantitative estimate of drug-likeness (QED) is 0.0736. The summed E-state index contributed by atoms with van der Waals surface area (Å²) in [6, 6.07) is 25.1. The van der Waals surface area contributed by atoms with Crippen LogP contribution < -0.4 is 44.7 Å². The molecule has 5 aromatic rings. The third-order valence-electron chi connectivity index (χ3n) is 13.1. The molecule has 17 nitrogen and oxygen atoms in total. The molecule has 0 spiro atoms. The zero-order valence-corrected chi connectivity index (χ0v) is 40.7.